The van der Waals surface area contributed by atoms with Gasteiger partial charge in [0.25, 0.3) is 0 Å². The van der Waals surface area contributed by atoms with Gasteiger partial charge in [-0.25, -0.2) is 0 Å². The molecule has 34 heavy (non-hydrogen) atoms. The van der Waals surface area contributed by atoms with E-state index in [1.807, 2.05) is 37.3 Å². The summed E-state index contributed by atoms with van der Waals surface area (Å²) in [6.45, 7) is 12.2. The first-order valence-corrected chi connectivity index (χ1v) is 12.9. The summed E-state index contributed by atoms with van der Waals surface area (Å²) in [5.41, 5.74) is 3.34. The molecule has 0 bridgehead atoms. The Morgan fingerprint density at radius 2 is 1.68 bits per heavy atom. The number of benzene rings is 2. The SMILES string of the molecule is C[C@H](Sc1nnc(CN2CCCC2)n1Cc1ccccc1)C(=O)Nc1ccc(C(C)(C)C)cc1. The molecule has 0 aliphatic carbocycles. The topological polar surface area (TPSA) is 63.1 Å². The number of anilines is 1. The molecule has 0 radical (unpaired) electrons. The largest absolute Gasteiger partial charge is 0.325 e. The van der Waals surface area contributed by atoms with Gasteiger partial charge < -0.3 is 9.88 Å². The fourth-order valence-electron chi connectivity index (χ4n) is 4.10. The quantitative estimate of drug-likeness (QED) is 0.444. The minimum Gasteiger partial charge on any atom is -0.325 e. The van der Waals surface area contributed by atoms with Crippen molar-refractivity contribution < 1.29 is 4.79 Å². The van der Waals surface area contributed by atoms with Crippen LogP contribution in [0.4, 0.5) is 5.69 Å². The van der Waals surface area contributed by atoms with Gasteiger partial charge in [-0.2, -0.15) is 0 Å². The summed E-state index contributed by atoms with van der Waals surface area (Å²) in [6, 6.07) is 18.5. The minimum absolute atomic E-state index is 0.0381. The summed E-state index contributed by atoms with van der Waals surface area (Å²) in [6.07, 6.45) is 2.48. The number of thioether (sulfide) groups is 1. The lowest BCUT2D eigenvalue weighted by Gasteiger charge is -2.19. The van der Waals surface area contributed by atoms with Crippen molar-refractivity contribution in [3.8, 4) is 0 Å². The number of likely N-dealkylation sites (tertiary alicyclic amines) is 1. The lowest BCUT2D eigenvalue weighted by molar-refractivity contribution is -0.115. The van der Waals surface area contributed by atoms with E-state index >= 15 is 0 Å². The highest BCUT2D eigenvalue weighted by molar-refractivity contribution is 8.00. The van der Waals surface area contributed by atoms with Crippen molar-refractivity contribution in [1.82, 2.24) is 19.7 Å². The van der Waals surface area contributed by atoms with Crippen molar-refractivity contribution in [2.75, 3.05) is 18.4 Å². The lowest BCUT2D eigenvalue weighted by Crippen LogP contribution is -2.24. The Bertz CT molecular complexity index is 1080. The van der Waals surface area contributed by atoms with Crippen LogP contribution in [0.3, 0.4) is 0 Å². The van der Waals surface area contributed by atoms with Crippen molar-refractivity contribution >= 4 is 23.4 Å². The van der Waals surface area contributed by atoms with E-state index in [0.29, 0.717) is 6.54 Å². The molecule has 2 aromatic carbocycles. The van der Waals surface area contributed by atoms with Crippen molar-refractivity contribution in [2.24, 2.45) is 0 Å². The molecule has 1 aromatic heterocycles. The highest BCUT2D eigenvalue weighted by Gasteiger charge is 2.23. The van der Waals surface area contributed by atoms with Crippen LogP contribution in [0.5, 0.6) is 0 Å². The molecule has 3 aromatic rings. The third-order valence-electron chi connectivity index (χ3n) is 6.21. The van der Waals surface area contributed by atoms with Crippen LogP contribution in [0.15, 0.2) is 59.8 Å². The number of aromatic nitrogens is 3. The van der Waals surface area contributed by atoms with E-state index in [-0.39, 0.29) is 16.6 Å². The van der Waals surface area contributed by atoms with Crippen molar-refractivity contribution in [2.45, 2.75) is 69.4 Å². The van der Waals surface area contributed by atoms with E-state index in [9.17, 15) is 4.79 Å². The highest BCUT2D eigenvalue weighted by Crippen LogP contribution is 2.27. The van der Waals surface area contributed by atoms with Gasteiger partial charge in [0.15, 0.2) is 5.16 Å². The van der Waals surface area contributed by atoms with Gasteiger partial charge >= 0.3 is 0 Å². The molecule has 1 N–H and O–H groups in total. The van der Waals surface area contributed by atoms with Crippen LogP contribution >= 0.6 is 11.8 Å². The molecule has 1 atom stereocenters. The molecule has 7 heteroatoms. The van der Waals surface area contributed by atoms with Gasteiger partial charge in [0.2, 0.25) is 5.91 Å². The van der Waals surface area contributed by atoms with Crippen LogP contribution in [0, 0.1) is 0 Å². The number of carbonyl (C=O) groups excluding carboxylic acids is 1. The summed E-state index contributed by atoms with van der Waals surface area (Å²) in [5, 5.41) is 12.5. The van der Waals surface area contributed by atoms with Gasteiger partial charge in [-0.3, -0.25) is 9.69 Å². The summed E-state index contributed by atoms with van der Waals surface area (Å²) in [4.78, 5) is 15.4. The van der Waals surface area contributed by atoms with E-state index in [4.69, 9.17) is 0 Å². The Morgan fingerprint density at radius 3 is 2.32 bits per heavy atom. The normalized spacial score (nSPS) is 15.4. The smallest absolute Gasteiger partial charge is 0.237 e. The first-order valence-electron chi connectivity index (χ1n) is 12.1. The van der Waals surface area contributed by atoms with E-state index in [2.05, 4.69) is 70.0 Å². The van der Waals surface area contributed by atoms with E-state index in [1.165, 1.54) is 35.7 Å². The summed E-state index contributed by atoms with van der Waals surface area (Å²) in [5.74, 6) is 0.919. The Balaban J connectivity index is 1.46. The van der Waals surface area contributed by atoms with Gasteiger partial charge in [-0.15, -0.1) is 10.2 Å². The van der Waals surface area contributed by atoms with Crippen molar-refractivity contribution in [3.63, 3.8) is 0 Å². The molecule has 1 aliphatic heterocycles. The molecular weight excluding hydrogens is 442 g/mol. The number of carbonyl (C=O) groups is 1. The summed E-state index contributed by atoms with van der Waals surface area (Å²) >= 11 is 1.46. The summed E-state index contributed by atoms with van der Waals surface area (Å²) < 4.78 is 2.17. The minimum atomic E-state index is -0.305. The van der Waals surface area contributed by atoms with Crippen molar-refractivity contribution in [3.05, 3.63) is 71.5 Å². The maximum absolute atomic E-state index is 13.0. The summed E-state index contributed by atoms with van der Waals surface area (Å²) in [7, 11) is 0. The Labute approximate surface area is 207 Å². The monoisotopic (exact) mass is 477 g/mol. The van der Waals surface area contributed by atoms with Gasteiger partial charge in [-0.05, 0) is 61.5 Å². The van der Waals surface area contributed by atoms with E-state index in [0.717, 1.165) is 36.3 Å². The molecular formula is C27H35N5OS. The second kappa shape index (κ2) is 10.7. The molecule has 180 valence electrons. The molecule has 6 nitrogen and oxygen atoms in total. The third kappa shape index (κ3) is 6.27. The number of rotatable bonds is 8. The van der Waals surface area contributed by atoms with Crippen LogP contribution in [-0.2, 0) is 23.3 Å². The van der Waals surface area contributed by atoms with Crippen LogP contribution in [0.25, 0.3) is 0 Å². The third-order valence-corrected chi connectivity index (χ3v) is 7.29. The van der Waals surface area contributed by atoms with Gasteiger partial charge in [-0.1, -0.05) is 75.0 Å². The van der Waals surface area contributed by atoms with Gasteiger partial charge in [0, 0.05) is 5.69 Å². The molecule has 0 saturated carbocycles. The zero-order valence-electron chi connectivity index (χ0n) is 20.6. The number of hydrogen-bond acceptors (Lipinski definition) is 5. The first kappa shape index (κ1) is 24.5. The Kier molecular flexibility index (Phi) is 7.73. The predicted molar refractivity (Wildman–Crippen MR) is 139 cm³/mol. The van der Waals surface area contributed by atoms with Gasteiger partial charge in [0.05, 0.1) is 18.3 Å². The lowest BCUT2D eigenvalue weighted by atomic mass is 9.87. The number of nitrogens with zero attached hydrogens (tertiary/aromatic N) is 4. The predicted octanol–water partition coefficient (Wildman–Crippen LogP) is 5.34. The molecule has 1 amide bonds. The molecule has 1 fully saturated rings. The fraction of sp³-hybridized carbons (Fsp3) is 0.444. The Hall–Kier alpha value is -2.64. The number of nitrogens with one attached hydrogen (secondary N) is 1. The zero-order valence-corrected chi connectivity index (χ0v) is 21.4. The Morgan fingerprint density at radius 1 is 1.00 bits per heavy atom. The standard InChI is InChI=1S/C27H35N5OS/c1-20(25(33)28-23-14-12-22(13-15-23)27(2,3)4)34-26-30-29-24(19-31-16-8-9-17-31)32(26)18-21-10-6-5-7-11-21/h5-7,10-15,20H,8-9,16-19H2,1-4H3,(H,28,33)/t20-/m0/s1. The zero-order chi connectivity index (χ0) is 24.1. The average Bonchev–Trinajstić information content (AvgIpc) is 3.45. The maximum Gasteiger partial charge on any atom is 0.237 e. The van der Waals surface area contributed by atoms with E-state index < -0.39 is 0 Å². The fourth-order valence-corrected chi connectivity index (χ4v) is 4.97. The molecule has 4 rings (SSSR count). The first-order chi connectivity index (χ1) is 16.3. The van der Waals surface area contributed by atoms with Crippen LogP contribution in [0.1, 0.15) is 57.5 Å². The second-order valence-electron chi connectivity index (χ2n) is 10.0. The molecule has 1 aliphatic rings. The molecule has 0 spiro atoms. The van der Waals surface area contributed by atoms with Crippen LogP contribution < -0.4 is 5.32 Å². The number of amides is 1. The second-order valence-corrected chi connectivity index (χ2v) is 11.3. The molecule has 0 unspecified atom stereocenters. The van der Waals surface area contributed by atoms with Crippen LogP contribution in [-0.4, -0.2) is 43.9 Å². The van der Waals surface area contributed by atoms with Crippen molar-refractivity contribution in [1.29, 1.82) is 0 Å². The van der Waals surface area contributed by atoms with E-state index in [1.54, 1.807) is 0 Å². The van der Waals surface area contributed by atoms with Gasteiger partial charge in [0.1, 0.15) is 5.82 Å². The molecule has 1 saturated heterocycles. The highest BCUT2D eigenvalue weighted by atomic mass is 32.2. The van der Waals surface area contributed by atoms with Crippen LogP contribution in [0.2, 0.25) is 0 Å². The average molecular weight is 478 g/mol. The molecule has 2 heterocycles. The maximum atomic E-state index is 13.0. The number of hydrogen-bond donors (Lipinski definition) is 1.